The second kappa shape index (κ2) is 5.13. The van der Waals surface area contributed by atoms with E-state index in [1.165, 1.54) is 12.8 Å². The molecule has 6 heteroatoms. The van der Waals surface area contributed by atoms with Gasteiger partial charge < -0.3 is 5.32 Å². The molecule has 0 spiro atoms. The molecule has 0 unspecified atom stereocenters. The van der Waals surface area contributed by atoms with Crippen molar-refractivity contribution >= 4 is 34.5 Å². The Morgan fingerprint density at radius 1 is 1.17 bits per heavy atom. The van der Waals surface area contributed by atoms with Crippen LogP contribution in [0.5, 0.6) is 0 Å². The highest BCUT2D eigenvalue weighted by molar-refractivity contribution is 7.14. The number of halogens is 2. The van der Waals surface area contributed by atoms with Crippen LogP contribution < -0.4 is 5.32 Å². The maximum Gasteiger partial charge on any atom is 0.147 e. The minimum Gasteiger partial charge on any atom is -0.308 e. The highest BCUT2D eigenvalue weighted by atomic mass is 35.5. The summed E-state index contributed by atoms with van der Waals surface area (Å²) in [6.07, 6.45) is 2.55. The Morgan fingerprint density at radius 2 is 1.89 bits per heavy atom. The first-order chi connectivity index (χ1) is 8.70. The Labute approximate surface area is 119 Å². The fourth-order valence-corrected chi connectivity index (χ4v) is 2.94. The predicted molar refractivity (Wildman–Crippen MR) is 75.2 cm³/mol. The summed E-state index contributed by atoms with van der Waals surface area (Å²) in [5, 5.41) is 14.8. The van der Waals surface area contributed by atoms with Crippen molar-refractivity contribution in [2.75, 3.05) is 0 Å². The first-order valence-electron chi connectivity index (χ1n) is 5.73. The van der Waals surface area contributed by atoms with Gasteiger partial charge in [0.05, 0.1) is 0 Å². The van der Waals surface area contributed by atoms with Crippen molar-refractivity contribution in [2.24, 2.45) is 0 Å². The molecule has 1 saturated carbocycles. The maximum atomic E-state index is 5.98. The number of nitrogens with one attached hydrogen (secondary N) is 1. The molecule has 1 aliphatic carbocycles. The Hall–Kier alpha value is -0.680. The number of nitrogens with zero attached hydrogens (tertiary/aromatic N) is 2. The van der Waals surface area contributed by atoms with Crippen LogP contribution in [0.1, 0.15) is 17.8 Å². The van der Waals surface area contributed by atoms with Crippen LogP contribution in [-0.4, -0.2) is 16.2 Å². The second-order valence-electron chi connectivity index (χ2n) is 4.31. The van der Waals surface area contributed by atoms with Crippen molar-refractivity contribution in [3.05, 3.63) is 33.3 Å². The van der Waals surface area contributed by atoms with E-state index < -0.39 is 0 Å². The highest BCUT2D eigenvalue weighted by Gasteiger charge is 2.20. The van der Waals surface area contributed by atoms with Crippen LogP contribution in [0, 0.1) is 0 Å². The van der Waals surface area contributed by atoms with Gasteiger partial charge in [-0.05, 0) is 31.0 Å². The Morgan fingerprint density at radius 3 is 2.56 bits per heavy atom. The van der Waals surface area contributed by atoms with Gasteiger partial charge in [0.25, 0.3) is 0 Å². The van der Waals surface area contributed by atoms with Gasteiger partial charge in [0.1, 0.15) is 10.0 Å². The maximum absolute atomic E-state index is 5.98. The minimum atomic E-state index is 0.616. The molecule has 0 bridgehead atoms. The molecule has 0 radical (unpaired) electrons. The summed E-state index contributed by atoms with van der Waals surface area (Å²) in [5.41, 5.74) is 0.919. The smallest absolute Gasteiger partial charge is 0.147 e. The first-order valence-corrected chi connectivity index (χ1v) is 7.30. The lowest BCUT2D eigenvalue weighted by Crippen LogP contribution is -2.14. The summed E-state index contributed by atoms with van der Waals surface area (Å²) < 4.78 is 0. The van der Waals surface area contributed by atoms with Gasteiger partial charge >= 0.3 is 0 Å². The lowest BCUT2D eigenvalue weighted by atomic mass is 10.2. The van der Waals surface area contributed by atoms with Crippen LogP contribution in [0.3, 0.4) is 0 Å². The van der Waals surface area contributed by atoms with E-state index in [1.54, 1.807) is 17.4 Å². The largest absolute Gasteiger partial charge is 0.308 e. The number of rotatable bonds is 4. The quantitative estimate of drug-likeness (QED) is 0.934. The summed E-state index contributed by atoms with van der Waals surface area (Å²) in [4.78, 5) is 0. The lowest BCUT2D eigenvalue weighted by molar-refractivity contribution is 0.679. The van der Waals surface area contributed by atoms with E-state index in [2.05, 4.69) is 15.5 Å². The first kappa shape index (κ1) is 12.4. The molecule has 3 nitrogen and oxygen atoms in total. The van der Waals surface area contributed by atoms with Gasteiger partial charge in [-0.1, -0.05) is 34.5 Å². The van der Waals surface area contributed by atoms with Crippen LogP contribution in [0.4, 0.5) is 0 Å². The van der Waals surface area contributed by atoms with E-state index in [1.807, 2.05) is 12.1 Å². The molecule has 1 N–H and O–H groups in total. The second-order valence-corrected chi connectivity index (χ2v) is 6.25. The third-order valence-electron chi connectivity index (χ3n) is 2.70. The Kier molecular flexibility index (Phi) is 3.52. The third kappa shape index (κ3) is 3.01. The summed E-state index contributed by atoms with van der Waals surface area (Å²) in [6.45, 7) is 0.788. The van der Waals surface area contributed by atoms with Crippen molar-refractivity contribution in [2.45, 2.75) is 25.4 Å². The van der Waals surface area contributed by atoms with Crippen LogP contribution in [-0.2, 0) is 6.54 Å². The summed E-state index contributed by atoms with van der Waals surface area (Å²) in [7, 11) is 0. The van der Waals surface area contributed by atoms with Crippen molar-refractivity contribution in [3.63, 3.8) is 0 Å². The number of hydrogen-bond acceptors (Lipinski definition) is 4. The van der Waals surface area contributed by atoms with Gasteiger partial charge in [0.15, 0.2) is 0 Å². The van der Waals surface area contributed by atoms with E-state index in [-0.39, 0.29) is 0 Å². The Balaban J connectivity index is 1.78. The molecule has 0 amide bonds. The van der Waals surface area contributed by atoms with Gasteiger partial charge in [-0.3, -0.25) is 0 Å². The molecule has 1 aromatic carbocycles. The topological polar surface area (TPSA) is 37.8 Å². The monoisotopic (exact) mass is 299 g/mol. The zero-order valence-corrected chi connectivity index (χ0v) is 11.8. The predicted octanol–water partition coefficient (Wildman–Crippen LogP) is 3.76. The summed E-state index contributed by atoms with van der Waals surface area (Å²) in [5.74, 6) is 0. The molecule has 18 heavy (non-hydrogen) atoms. The van der Waals surface area contributed by atoms with E-state index in [9.17, 15) is 0 Å². The highest BCUT2D eigenvalue weighted by Crippen LogP contribution is 2.29. The van der Waals surface area contributed by atoms with E-state index in [4.69, 9.17) is 23.2 Å². The molecule has 0 aliphatic heterocycles. The molecule has 94 valence electrons. The van der Waals surface area contributed by atoms with Crippen molar-refractivity contribution in [1.82, 2.24) is 15.5 Å². The molecule has 2 aromatic rings. The van der Waals surface area contributed by atoms with E-state index in [0.29, 0.717) is 16.1 Å². The fourth-order valence-electron chi connectivity index (χ4n) is 1.64. The SMILES string of the molecule is Clc1cc(Cl)cc(-c2nnc(CNC3CC3)s2)c1. The standard InChI is InChI=1S/C12H11Cl2N3S/c13-8-3-7(4-9(14)5-8)12-17-16-11(18-12)6-15-10-1-2-10/h3-5,10,15H,1-2,6H2. The Bertz CT molecular complexity index is 546. The van der Waals surface area contributed by atoms with Gasteiger partial charge in [0.2, 0.25) is 0 Å². The number of aromatic nitrogens is 2. The molecule has 1 aliphatic rings. The molecule has 1 heterocycles. The summed E-state index contributed by atoms with van der Waals surface area (Å²) >= 11 is 13.5. The molecule has 3 rings (SSSR count). The molecular weight excluding hydrogens is 289 g/mol. The average Bonchev–Trinajstić information content (AvgIpc) is 3.02. The van der Waals surface area contributed by atoms with Crippen molar-refractivity contribution in [1.29, 1.82) is 0 Å². The van der Waals surface area contributed by atoms with E-state index >= 15 is 0 Å². The molecule has 0 atom stereocenters. The number of hydrogen-bond donors (Lipinski definition) is 1. The zero-order valence-electron chi connectivity index (χ0n) is 9.49. The van der Waals surface area contributed by atoms with Gasteiger partial charge in [-0.15, -0.1) is 10.2 Å². The minimum absolute atomic E-state index is 0.616. The molecule has 1 aromatic heterocycles. The van der Waals surface area contributed by atoms with Crippen LogP contribution >= 0.6 is 34.5 Å². The van der Waals surface area contributed by atoms with Crippen molar-refractivity contribution < 1.29 is 0 Å². The zero-order chi connectivity index (χ0) is 12.5. The van der Waals surface area contributed by atoms with Gasteiger partial charge in [-0.25, -0.2) is 0 Å². The van der Waals surface area contributed by atoms with Gasteiger partial charge in [-0.2, -0.15) is 0 Å². The third-order valence-corrected chi connectivity index (χ3v) is 4.10. The van der Waals surface area contributed by atoms with Crippen LogP contribution in [0.2, 0.25) is 10.0 Å². The summed E-state index contributed by atoms with van der Waals surface area (Å²) in [6, 6.07) is 6.10. The van der Waals surface area contributed by atoms with Crippen LogP contribution in [0.15, 0.2) is 18.2 Å². The fraction of sp³-hybridized carbons (Fsp3) is 0.333. The molecule has 0 saturated heterocycles. The van der Waals surface area contributed by atoms with Crippen LogP contribution in [0.25, 0.3) is 10.6 Å². The lowest BCUT2D eigenvalue weighted by Gasteiger charge is -1.98. The molecule has 1 fully saturated rings. The van der Waals surface area contributed by atoms with E-state index in [0.717, 1.165) is 22.1 Å². The average molecular weight is 300 g/mol. The number of benzene rings is 1. The molecular formula is C12H11Cl2N3S. The van der Waals surface area contributed by atoms with Gasteiger partial charge in [0, 0.05) is 28.2 Å². The normalized spacial score (nSPS) is 15.0. The van der Waals surface area contributed by atoms with Crippen molar-refractivity contribution in [3.8, 4) is 10.6 Å².